The second-order valence-electron chi connectivity index (χ2n) is 7.78. The van der Waals surface area contributed by atoms with E-state index in [0.29, 0.717) is 37.7 Å². The van der Waals surface area contributed by atoms with Crippen LogP contribution in [0, 0.1) is 12.7 Å². The first kappa shape index (κ1) is 22.1. The van der Waals surface area contributed by atoms with Gasteiger partial charge in [0.15, 0.2) is 11.6 Å². The van der Waals surface area contributed by atoms with Gasteiger partial charge >= 0.3 is 7.82 Å². The van der Waals surface area contributed by atoms with E-state index in [1.807, 2.05) is 19.1 Å². The molecule has 0 saturated carbocycles. The molecule has 2 aromatic carbocycles. The number of halogens is 1. The first-order valence-corrected chi connectivity index (χ1v) is 12.1. The maximum atomic E-state index is 14.9. The zero-order chi connectivity index (χ0) is 23.5. The molecule has 172 valence electrons. The molecule has 0 spiro atoms. The zero-order valence-electron chi connectivity index (χ0n) is 18.1. The molecule has 5 rings (SSSR count). The number of benzene rings is 2. The molecule has 2 atom stereocenters. The zero-order valence-corrected chi connectivity index (χ0v) is 19.8. The summed E-state index contributed by atoms with van der Waals surface area (Å²) in [5.41, 5.74) is 3.96. The lowest BCUT2D eigenvalue weighted by Gasteiger charge is -2.25. The Bertz CT molecular complexity index is 1480. The average molecular weight is 491 g/mol. The van der Waals surface area contributed by atoms with Crippen LogP contribution in [0.2, 0.25) is 0 Å². The van der Waals surface area contributed by atoms with Crippen LogP contribution in [0.15, 0.2) is 24.4 Å². The summed E-state index contributed by atoms with van der Waals surface area (Å²) >= 11 is 1.35. The van der Waals surface area contributed by atoms with E-state index in [4.69, 9.17) is 14.0 Å². The van der Waals surface area contributed by atoms with E-state index in [9.17, 15) is 13.8 Å². The minimum absolute atomic E-state index is 0.0325. The molecule has 0 radical (unpaired) electrons. The van der Waals surface area contributed by atoms with Crippen LogP contribution in [-0.2, 0) is 20.0 Å². The fourth-order valence-corrected chi connectivity index (χ4v) is 5.64. The number of aromatic nitrogens is 3. The number of ether oxygens (including phenoxy) is 2. The summed E-state index contributed by atoms with van der Waals surface area (Å²) in [6.45, 7) is 3.40. The van der Waals surface area contributed by atoms with Crippen LogP contribution in [0.4, 0.5) is 4.39 Å². The number of fused-ring (bicyclic) bond motifs is 4. The molecule has 0 bridgehead atoms. The van der Waals surface area contributed by atoms with E-state index < -0.39 is 19.4 Å². The van der Waals surface area contributed by atoms with Gasteiger partial charge in [-0.05, 0) is 24.6 Å². The third-order valence-corrected chi connectivity index (χ3v) is 7.49. The Morgan fingerprint density at radius 1 is 1.24 bits per heavy atom. The molecule has 33 heavy (non-hydrogen) atoms. The lowest BCUT2D eigenvalue weighted by atomic mass is 10.1. The number of aryl methyl sites for hydroxylation is 1. The number of phosphoric ester groups is 1. The number of rotatable bonds is 5. The fourth-order valence-electron chi connectivity index (χ4n) is 3.88. The minimum atomic E-state index is -4.36. The van der Waals surface area contributed by atoms with Gasteiger partial charge in [-0.15, -0.1) is 11.3 Å². The van der Waals surface area contributed by atoms with Gasteiger partial charge in [-0.2, -0.15) is 0 Å². The molecule has 4 aromatic rings. The van der Waals surface area contributed by atoms with Crippen molar-refractivity contribution in [3.05, 3.63) is 41.3 Å². The monoisotopic (exact) mass is 491 g/mol. The van der Waals surface area contributed by atoms with Gasteiger partial charge in [0.25, 0.3) is 0 Å². The predicted molar refractivity (Wildman–Crippen MR) is 120 cm³/mol. The first-order chi connectivity index (χ1) is 15.6. The van der Waals surface area contributed by atoms with E-state index in [-0.39, 0.29) is 12.2 Å². The SMILES string of the molecule is COc1cnc2c(-c3nc4cc(F)c5c(c4s3)C[C@](C)(OP(=O)(O)OC)O5)cc(C)cc2n1. The Kier molecular flexibility index (Phi) is 5.15. The standard InChI is InChI=1S/C21H19FN3O6PS/c1-10-5-11(17-14(6-10)24-16(28-3)9-23-17)20-25-15-7-13(22)18-12(19(15)33-20)8-21(2,30-18)31-32(26,27)29-4/h5-7,9H,8H2,1-4H3,(H,26,27)/t21-/m0/s1. The van der Waals surface area contributed by atoms with Gasteiger partial charge in [0.1, 0.15) is 5.01 Å². The maximum Gasteiger partial charge on any atom is 0.475 e. The van der Waals surface area contributed by atoms with Crippen LogP contribution >= 0.6 is 19.2 Å². The Hall–Kier alpha value is -2.69. The van der Waals surface area contributed by atoms with Crippen molar-refractivity contribution in [2.45, 2.75) is 26.1 Å². The Morgan fingerprint density at radius 2 is 2.03 bits per heavy atom. The number of hydrogen-bond donors (Lipinski definition) is 1. The summed E-state index contributed by atoms with van der Waals surface area (Å²) in [7, 11) is -1.79. The minimum Gasteiger partial charge on any atom is -0.480 e. The van der Waals surface area contributed by atoms with E-state index in [1.165, 1.54) is 37.6 Å². The number of methoxy groups -OCH3 is 1. The smallest absolute Gasteiger partial charge is 0.475 e. The summed E-state index contributed by atoms with van der Waals surface area (Å²) in [5.74, 6) is -1.84. The van der Waals surface area contributed by atoms with E-state index in [2.05, 4.69) is 19.5 Å². The second-order valence-corrected chi connectivity index (χ2v) is 10.3. The highest BCUT2D eigenvalue weighted by molar-refractivity contribution is 7.47. The predicted octanol–water partition coefficient (Wildman–Crippen LogP) is 4.78. The van der Waals surface area contributed by atoms with Gasteiger partial charge < -0.3 is 14.4 Å². The van der Waals surface area contributed by atoms with Crippen molar-refractivity contribution in [1.29, 1.82) is 0 Å². The van der Waals surface area contributed by atoms with Crippen LogP contribution in [-0.4, -0.2) is 39.9 Å². The largest absolute Gasteiger partial charge is 0.480 e. The number of thiazole rings is 1. The van der Waals surface area contributed by atoms with Crippen LogP contribution in [0.1, 0.15) is 18.1 Å². The molecule has 1 aliphatic rings. The molecule has 0 amide bonds. The molecular formula is C21H19FN3O6PS. The summed E-state index contributed by atoms with van der Waals surface area (Å²) < 4.78 is 48.0. The van der Waals surface area contributed by atoms with Crippen LogP contribution in [0.5, 0.6) is 11.6 Å². The van der Waals surface area contributed by atoms with Gasteiger partial charge in [0, 0.05) is 37.6 Å². The molecule has 12 heteroatoms. The Balaban J connectivity index is 1.64. The van der Waals surface area contributed by atoms with E-state index >= 15 is 0 Å². The Labute approximate surface area is 191 Å². The van der Waals surface area contributed by atoms with Crippen molar-refractivity contribution in [3.63, 3.8) is 0 Å². The third-order valence-electron chi connectivity index (χ3n) is 5.25. The third kappa shape index (κ3) is 3.85. The van der Waals surface area contributed by atoms with Gasteiger partial charge in [-0.1, -0.05) is 0 Å². The molecule has 0 aliphatic carbocycles. The van der Waals surface area contributed by atoms with Crippen molar-refractivity contribution in [1.82, 2.24) is 15.0 Å². The van der Waals surface area contributed by atoms with E-state index in [0.717, 1.165) is 18.2 Å². The normalized spacial score (nSPS) is 19.5. The second kappa shape index (κ2) is 7.68. The summed E-state index contributed by atoms with van der Waals surface area (Å²) in [6.07, 6.45) is 1.57. The summed E-state index contributed by atoms with van der Waals surface area (Å²) in [4.78, 5) is 23.3. The molecule has 3 heterocycles. The lowest BCUT2D eigenvalue weighted by Crippen LogP contribution is -2.32. The average Bonchev–Trinajstić information content (AvgIpc) is 3.33. The number of hydrogen-bond acceptors (Lipinski definition) is 9. The molecule has 1 aliphatic heterocycles. The van der Waals surface area contributed by atoms with Gasteiger partial charge in [-0.3, -0.25) is 4.52 Å². The molecule has 1 unspecified atom stereocenters. The Morgan fingerprint density at radius 3 is 2.76 bits per heavy atom. The highest BCUT2D eigenvalue weighted by Crippen LogP contribution is 2.52. The van der Waals surface area contributed by atoms with Crippen molar-refractivity contribution >= 4 is 40.4 Å². The van der Waals surface area contributed by atoms with Crippen LogP contribution in [0.3, 0.4) is 0 Å². The molecular weight excluding hydrogens is 472 g/mol. The molecule has 1 N–H and O–H groups in total. The lowest BCUT2D eigenvalue weighted by molar-refractivity contribution is -0.0987. The summed E-state index contributed by atoms with van der Waals surface area (Å²) in [5, 5.41) is 0.630. The van der Waals surface area contributed by atoms with Crippen molar-refractivity contribution in [3.8, 4) is 22.2 Å². The van der Waals surface area contributed by atoms with Gasteiger partial charge in [0.05, 0.1) is 34.6 Å². The van der Waals surface area contributed by atoms with Crippen molar-refractivity contribution in [2.75, 3.05) is 14.2 Å². The highest BCUT2D eigenvalue weighted by Gasteiger charge is 2.44. The van der Waals surface area contributed by atoms with Gasteiger partial charge in [-0.25, -0.2) is 28.4 Å². The molecule has 0 saturated heterocycles. The molecule has 0 fully saturated rings. The first-order valence-electron chi connectivity index (χ1n) is 9.83. The fraction of sp³-hybridized carbons (Fsp3) is 0.286. The summed E-state index contributed by atoms with van der Waals surface area (Å²) in [6, 6.07) is 5.13. The molecule has 9 nitrogen and oxygen atoms in total. The molecule has 2 aromatic heterocycles. The maximum absolute atomic E-state index is 14.9. The highest BCUT2D eigenvalue weighted by atomic mass is 32.1. The van der Waals surface area contributed by atoms with Crippen LogP contribution in [0.25, 0.3) is 31.8 Å². The number of phosphoric acid groups is 1. The quantitative estimate of drug-likeness (QED) is 0.394. The van der Waals surface area contributed by atoms with E-state index in [1.54, 1.807) is 0 Å². The van der Waals surface area contributed by atoms with Crippen molar-refractivity contribution in [2.24, 2.45) is 0 Å². The van der Waals surface area contributed by atoms with Crippen molar-refractivity contribution < 1.29 is 32.4 Å². The van der Waals surface area contributed by atoms with Crippen LogP contribution < -0.4 is 9.47 Å². The van der Waals surface area contributed by atoms with Gasteiger partial charge in [0.2, 0.25) is 11.7 Å². The topological polar surface area (TPSA) is 113 Å². The number of nitrogens with zero attached hydrogens (tertiary/aromatic N) is 3.